The number of benzene rings is 1. The number of rotatable bonds is 1. The van der Waals surface area contributed by atoms with Gasteiger partial charge in [0, 0.05) is 17.2 Å². The zero-order valence-corrected chi connectivity index (χ0v) is 9.14. The summed E-state index contributed by atoms with van der Waals surface area (Å²) < 4.78 is 0. The van der Waals surface area contributed by atoms with Crippen LogP contribution < -0.4 is 0 Å². The van der Waals surface area contributed by atoms with Gasteiger partial charge in [0.05, 0.1) is 5.71 Å². The van der Waals surface area contributed by atoms with Gasteiger partial charge < -0.3 is 0 Å². The zero-order valence-electron chi connectivity index (χ0n) is 9.14. The Balaban J connectivity index is 2.34. The highest BCUT2D eigenvalue weighted by Crippen LogP contribution is 2.21. The van der Waals surface area contributed by atoms with E-state index in [2.05, 4.69) is 49.2 Å². The molecule has 1 aromatic carbocycles. The van der Waals surface area contributed by atoms with Crippen molar-refractivity contribution in [2.24, 2.45) is 10.4 Å². The van der Waals surface area contributed by atoms with Crippen molar-refractivity contribution >= 4 is 5.71 Å². The molecular weight excluding hydrogens is 182 g/mol. The second-order valence-electron chi connectivity index (χ2n) is 4.35. The second-order valence-corrected chi connectivity index (χ2v) is 4.35. The van der Waals surface area contributed by atoms with Gasteiger partial charge in [0.2, 0.25) is 0 Å². The molecule has 0 amide bonds. The summed E-state index contributed by atoms with van der Waals surface area (Å²) in [4.78, 5) is 4.44. The van der Waals surface area contributed by atoms with Crippen LogP contribution in [0, 0.1) is 5.41 Å². The third kappa shape index (κ3) is 2.44. The van der Waals surface area contributed by atoms with Crippen molar-refractivity contribution in [2.45, 2.75) is 13.8 Å². The van der Waals surface area contributed by atoms with Gasteiger partial charge in [-0.2, -0.15) is 0 Å². The molecule has 0 aromatic heterocycles. The summed E-state index contributed by atoms with van der Waals surface area (Å²) in [6.07, 6.45) is 8.28. The molecule has 0 spiro atoms. The first-order chi connectivity index (χ1) is 7.17. The van der Waals surface area contributed by atoms with Crippen molar-refractivity contribution in [2.75, 3.05) is 0 Å². The standard InChI is InChI=1S/C14H15N/c1-14(2)9-8-13(15-11-10-14)12-6-4-3-5-7-12/h3-11H,1-2H3. The smallest absolute Gasteiger partial charge is 0.0698 e. The Labute approximate surface area is 90.9 Å². The normalized spacial score (nSPS) is 18.4. The molecule has 1 heteroatoms. The summed E-state index contributed by atoms with van der Waals surface area (Å²) in [5.74, 6) is 0. The van der Waals surface area contributed by atoms with Gasteiger partial charge in [0.25, 0.3) is 0 Å². The van der Waals surface area contributed by atoms with Gasteiger partial charge in [-0.3, -0.25) is 4.99 Å². The second kappa shape index (κ2) is 3.85. The minimum atomic E-state index is 0.0973. The van der Waals surface area contributed by atoms with E-state index in [0.717, 1.165) is 11.3 Å². The van der Waals surface area contributed by atoms with E-state index in [1.54, 1.807) is 0 Å². The van der Waals surface area contributed by atoms with Gasteiger partial charge in [0.15, 0.2) is 0 Å². The lowest BCUT2D eigenvalue weighted by Gasteiger charge is -2.11. The summed E-state index contributed by atoms with van der Waals surface area (Å²) in [5, 5.41) is 0. The molecule has 2 rings (SSSR count). The van der Waals surface area contributed by atoms with Crippen molar-refractivity contribution in [3.05, 3.63) is 60.3 Å². The van der Waals surface area contributed by atoms with Crippen molar-refractivity contribution in [3.63, 3.8) is 0 Å². The van der Waals surface area contributed by atoms with Crippen LogP contribution >= 0.6 is 0 Å². The van der Waals surface area contributed by atoms with Gasteiger partial charge >= 0.3 is 0 Å². The van der Waals surface area contributed by atoms with E-state index in [1.165, 1.54) is 0 Å². The molecule has 0 saturated carbocycles. The lowest BCUT2D eigenvalue weighted by Crippen LogP contribution is -2.02. The highest BCUT2D eigenvalue weighted by atomic mass is 14.7. The lowest BCUT2D eigenvalue weighted by atomic mass is 9.93. The summed E-state index contributed by atoms with van der Waals surface area (Å²) in [6.45, 7) is 4.34. The Morgan fingerprint density at radius 2 is 1.73 bits per heavy atom. The average molecular weight is 197 g/mol. The number of allylic oxidation sites excluding steroid dienone is 3. The van der Waals surface area contributed by atoms with E-state index in [9.17, 15) is 0 Å². The van der Waals surface area contributed by atoms with Crippen LogP contribution in [0.25, 0.3) is 0 Å². The molecule has 0 unspecified atom stereocenters. The van der Waals surface area contributed by atoms with E-state index in [0.29, 0.717) is 0 Å². The molecule has 1 aliphatic rings. The average Bonchev–Trinajstić information content (AvgIpc) is 2.41. The predicted octanol–water partition coefficient (Wildman–Crippen LogP) is 3.59. The highest BCUT2D eigenvalue weighted by Gasteiger charge is 2.11. The topological polar surface area (TPSA) is 12.4 Å². The van der Waals surface area contributed by atoms with E-state index in [1.807, 2.05) is 24.4 Å². The molecule has 1 aromatic rings. The molecule has 0 fully saturated rings. The van der Waals surface area contributed by atoms with Crippen LogP contribution in [-0.4, -0.2) is 5.71 Å². The summed E-state index contributed by atoms with van der Waals surface area (Å²) in [7, 11) is 0. The number of hydrogen-bond acceptors (Lipinski definition) is 1. The zero-order chi connectivity index (χ0) is 10.7. The van der Waals surface area contributed by atoms with Crippen molar-refractivity contribution < 1.29 is 0 Å². The fourth-order valence-electron chi connectivity index (χ4n) is 1.48. The molecule has 76 valence electrons. The Morgan fingerprint density at radius 1 is 1.00 bits per heavy atom. The summed E-state index contributed by atoms with van der Waals surface area (Å²) in [6, 6.07) is 10.2. The third-order valence-corrected chi connectivity index (χ3v) is 2.46. The van der Waals surface area contributed by atoms with Crippen LogP contribution in [-0.2, 0) is 0 Å². The molecule has 1 nitrogen and oxygen atoms in total. The van der Waals surface area contributed by atoms with Crippen LogP contribution in [0.1, 0.15) is 19.4 Å². The van der Waals surface area contributed by atoms with Gasteiger partial charge in [0.1, 0.15) is 0 Å². The SMILES string of the molecule is CC1(C)C=CN=C(c2ccccc2)C=C1. The first kappa shape index (κ1) is 9.91. The first-order valence-electron chi connectivity index (χ1n) is 5.18. The summed E-state index contributed by atoms with van der Waals surface area (Å²) >= 11 is 0. The van der Waals surface area contributed by atoms with Gasteiger partial charge in [-0.1, -0.05) is 56.3 Å². The third-order valence-electron chi connectivity index (χ3n) is 2.46. The Hall–Kier alpha value is -1.63. The molecule has 1 aliphatic heterocycles. The van der Waals surface area contributed by atoms with Gasteiger partial charge in [-0.15, -0.1) is 0 Å². The molecule has 0 aliphatic carbocycles. The lowest BCUT2D eigenvalue weighted by molar-refractivity contribution is 0.626. The maximum absolute atomic E-state index is 4.44. The predicted molar refractivity (Wildman–Crippen MR) is 65.0 cm³/mol. The minimum absolute atomic E-state index is 0.0973. The molecular formula is C14H15N. The van der Waals surface area contributed by atoms with Crippen LogP contribution in [0.4, 0.5) is 0 Å². The number of aliphatic imine (C=N–C) groups is 1. The monoisotopic (exact) mass is 197 g/mol. The van der Waals surface area contributed by atoms with Crippen LogP contribution in [0.2, 0.25) is 0 Å². The summed E-state index contributed by atoms with van der Waals surface area (Å²) in [5.41, 5.74) is 2.29. The van der Waals surface area contributed by atoms with Gasteiger partial charge in [-0.25, -0.2) is 0 Å². The quantitative estimate of drug-likeness (QED) is 0.652. The van der Waals surface area contributed by atoms with Crippen LogP contribution in [0.5, 0.6) is 0 Å². The fourth-order valence-corrected chi connectivity index (χ4v) is 1.48. The Bertz CT molecular complexity index is 422. The largest absolute Gasteiger partial charge is 0.257 e. The maximum Gasteiger partial charge on any atom is 0.0698 e. The molecule has 15 heavy (non-hydrogen) atoms. The number of nitrogens with zero attached hydrogens (tertiary/aromatic N) is 1. The van der Waals surface area contributed by atoms with Gasteiger partial charge in [-0.05, 0) is 6.08 Å². The van der Waals surface area contributed by atoms with E-state index >= 15 is 0 Å². The number of hydrogen-bond donors (Lipinski definition) is 0. The van der Waals surface area contributed by atoms with E-state index in [4.69, 9.17) is 0 Å². The molecule has 0 bridgehead atoms. The molecule has 0 saturated heterocycles. The molecule has 0 radical (unpaired) electrons. The van der Waals surface area contributed by atoms with Crippen molar-refractivity contribution in [3.8, 4) is 0 Å². The highest BCUT2D eigenvalue weighted by molar-refractivity contribution is 6.09. The Morgan fingerprint density at radius 3 is 2.47 bits per heavy atom. The molecule has 0 N–H and O–H groups in total. The Kier molecular flexibility index (Phi) is 2.55. The molecule has 1 heterocycles. The molecule has 0 atom stereocenters. The van der Waals surface area contributed by atoms with E-state index in [-0.39, 0.29) is 5.41 Å². The maximum atomic E-state index is 4.44. The van der Waals surface area contributed by atoms with Crippen molar-refractivity contribution in [1.82, 2.24) is 0 Å². The minimum Gasteiger partial charge on any atom is -0.257 e. The van der Waals surface area contributed by atoms with Crippen molar-refractivity contribution in [1.29, 1.82) is 0 Å². The van der Waals surface area contributed by atoms with E-state index < -0.39 is 0 Å². The first-order valence-corrected chi connectivity index (χ1v) is 5.18. The fraction of sp³-hybridized carbons (Fsp3) is 0.214. The van der Waals surface area contributed by atoms with Crippen LogP contribution in [0.3, 0.4) is 0 Å². The van der Waals surface area contributed by atoms with Crippen LogP contribution in [0.15, 0.2) is 59.8 Å².